The molecule has 0 N–H and O–H groups in total. The number of hydrogen-bond donors (Lipinski definition) is 0. The summed E-state index contributed by atoms with van der Waals surface area (Å²) in [7, 11) is 0. The number of carbonyl (C=O) groups excluding carboxylic acids is 1. The van der Waals surface area contributed by atoms with Crippen LogP contribution < -0.4 is 4.74 Å². The summed E-state index contributed by atoms with van der Waals surface area (Å²) in [6.45, 7) is 2.14. The number of ether oxygens (including phenoxy) is 2. The van der Waals surface area contributed by atoms with Crippen molar-refractivity contribution in [1.82, 2.24) is 9.88 Å². The number of carbonyl (C=O) groups is 1. The van der Waals surface area contributed by atoms with Crippen LogP contribution in [0.4, 0.5) is 0 Å². The Balaban J connectivity index is 1.37. The van der Waals surface area contributed by atoms with Crippen molar-refractivity contribution in [3.8, 4) is 5.75 Å². The monoisotopic (exact) mass is 394 g/mol. The minimum Gasteiger partial charge on any atom is -0.489 e. The fourth-order valence-corrected chi connectivity index (χ4v) is 3.81. The van der Waals surface area contributed by atoms with E-state index in [1.54, 1.807) is 29.8 Å². The summed E-state index contributed by atoms with van der Waals surface area (Å²) >= 11 is 7.67. The zero-order valence-electron chi connectivity index (χ0n) is 14.6. The van der Waals surface area contributed by atoms with Gasteiger partial charge in [0, 0.05) is 30.1 Å². The Kier molecular flexibility index (Phi) is 7.29. The van der Waals surface area contributed by atoms with Gasteiger partial charge in [-0.2, -0.15) is 0 Å². The van der Waals surface area contributed by atoms with E-state index in [4.69, 9.17) is 21.1 Å². The normalized spacial score (nSPS) is 17.3. The number of morpholine rings is 1. The van der Waals surface area contributed by atoms with Gasteiger partial charge in [-0.1, -0.05) is 17.7 Å². The Hall–Kier alpha value is -1.63. The standard InChI is InChI=1S/C19H23ClN2O3S/c20-15-10-16(12-21-11-15)25-14-17-13-22(7-8-24-17)19(23)6-2-1-4-18-5-3-9-26-18/h3,5,9-12,17H,1-2,4,6-8,13-14H2. The number of thiophene rings is 1. The van der Waals surface area contributed by atoms with E-state index in [1.165, 1.54) is 4.88 Å². The van der Waals surface area contributed by atoms with Gasteiger partial charge in [-0.15, -0.1) is 11.3 Å². The molecule has 140 valence electrons. The fraction of sp³-hybridized carbons (Fsp3) is 0.474. The smallest absolute Gasteiger partial charge is 0.222 e. The summed E-state index contributed by atoms with van der Waals surface area (Å²) in [5.74, 6) is 0.812. The number of aromatic nitrogens is 1. The third-order valence-electron chi connectivity index (χ3n) is 4.25. The largest absolute Gasteiger partial charge is 0.489 e. The number of amides is 1. The fourth-order valence-electron chi connectivity index (χ4n) is 2.90. The predicted molar refractivity (Wildman–Crippen MR) is 103 cm³/mol. The lowest BCUT2D eigenvalue weighted by molar-refractivity contribution is -0.140. The van der Waals surface area contributed by atoms with Crippen LogP contribution in [0.1, 0.15) is 24.1 Å². The maximum Gasteiger partial charge on any atom is 0.222 e. The number of aryl methyl sites for hydroxylation is 1. The van der Waals surface area contributed by atoms with E-state index >= 15 is 0 Å². The van der Waals surface area contributed by atoms with Crippen LogP contribution in [-0.2, 0) is 16.0 Å². The lowest BCUT2D eigenvalue weighted by Gasteiger charge is -2.33. The highest BCUT2D eigenvalue weighted by molar-refractivity contribution is 7.09. The van der Waals surface area contributed by atoms with E-state index < -0.39 is 0 Å². The molecule has 0 aliphatic carbocycles. The zero-order valence-corrected chi connectivity index (χ0v) is 16.2. The highest BCUT2D eigenvalue weighted by Crippen LogP contribution is 2.17. The number of nitrogens with zero attached hydrogens (tertiary/aromatic N) is 2. The van der Waals surface area contributed by atoms with Crippen LogP contribution in [0.2, 0.25) is 5.02 Å². The van der Waals surface area contributed by atoms with Crippen LogP contribution in [0.3, 0.4) is 0 Å². The first-order valence-electron chi connectivity index (χ1n) is 8.86. The van der Waals surface area contributed by atoms with Gasteiger partial charge in [-0.05, 0) is 30.7 Å². The van der Waals surface area contributed by atoms with Crippen molar-refractivity contribution in [3.63, 3.8) is 0 Å². The lowest BCUT2D eigenvalue weighted by atomic mass is 10.1. The van der Waals surface area contributed by atoms with Crippen molar-refractivity contribution in [2.24, 2.45) is 0 Å². The summed E-state index contributed by atoms with van der Waals surface area (Å²) < 4.78 is 11.4. The number of hydrogen-bond acceptors (Lipinski definition) is 5. The second-order valence-corrected chi connectivity index (χ2v) is 7.74. The van der Waals surface area contributed by atoms with Crippen molar-refractivity contribution in [2.45, 2.75) is 31.8 Å². The average Bonchev–Trinajstić information content (AvgIpc) is 3.17. The van der Waals surface area contributed by atoms with Gasteiger partial charge in [-0.3, -0.25) is 9.78 Å². The second kappa shape index (κ2) is 9.90. The molecule has 2 aromatic rings. The molecule has 5 nitrogen and oxygen atoms in total. The zero-order chi connectivity index (χ0) is 18.2. The molecule has 1 aliphatic heterocycles. The minimum absolute atomic E-state index is 0.127. The van der Waals surface area contributed by atoms with Crippen molar-refractivity contribution >= 4 is 28.8 Å². The van der Waals surface area contributed by atoms with Gasteiger partial charge < -0.3 is 14.4 Å². The lowest BCUT2D eigenvalue weighted by Crippen LogP contribution is -2.47. The van der Waals surface area contributed by atoms with Gasteiger partial charge in [0.05, 0.1) is 24.4 Å². The van der Waals surface area contributed by atoms with E-state index in [2.05, 4.69) is 22.5 Å². The number of unbranched alkanes of at least 4 members (excludes halogenated alkanes) is 1. The quantitative estimate of drug-likeness (QED) is 0.639. The molecule has 0 saturated carbocycles. The Morgan fingerprint density at radius 3 is 3.15 bits per heavy atom. The molecule has 1 unspecified atom stereocenters. The van der Waals surface area contributed by atoms with Crippen molar-refractivity contribution in [2.75, 3.05) is 26.3 Å². The van der Waals surface area contributed by atoms with Crippen LogP contribution in [0.25, 0.3) is 0 Å². The molecular formula is C19H23ClN2O3S. The van der Waals surface area contributed by atoms with Gasteiger partial charge in [0.25, 0.3) is 0 Å². The van der Waals surface area contributed by atoms with E-state index in [9.17, 15) is 4.79 Å². The molecular weight excluding hydrogens is 372 g/mol. The predicted octanol–water partition coefficient (Wildman–Crippen LogP) is 3.82. The van der Waals surface area contributed by atoms with Gasteiger partial charge in [0.15, 0.2) is 0 Å². The van der Waals surface area contributed by atoms with E-state index in [0.29, 0.717) is 43.5 Å². The number of pyridine rings is 1. The Morgan fingerprint density at radius 2 is 2.35 bits per heavy atom. The van der Waals surface area contributed by atoms with E-state index in [-0.39, 0.29) is 12.0 Å². The summed E-state index contributed by atoms with van der Waals surface area (Å²) in [5, 5.41) is 2.63. The first-order valence-corrected chi connectivity index (χ1v) is 10.1. The Labute approximate surface area is 162 Å². The molecule has 3 rings (SSSR count). The highest BCUT2D eigenvalue weighted by Gasteiger charge is 2.24. The van der Waals surface area contributed by atoms with Gasteiger partial charge in [0.1, 0.15) is 18.5 Å². The maximum atomic E-state index is 12.4. The summed E-state index contributed by atoms with van der Waals surface area (Å²) in [6.07, 6.45) is 6.66. The van der Waals surface area contributed by atoms with Crippen molar-refractivity contribution in [3.05, 3.63) is 45.9 Å². The average molecular weight is 395 g/mol. The van der Waals surface area contributed by atoms with Gasteiger partial charge in [0.2, 0.25) is 5.91 Å². The molecule has 1 atom stereocenters. The first kappa shape index (κ1) is 19.1. The molecule has 0 radical (unpaired) electrons. The molecule has 7 heteroatoms. The van der Waals surface area contributed by atoms with Crippen LogP contribution >= 0.6 is 22.9 Å². The molecule has 0 spiro atoms. The van der Waals surface area contributed by atoms with E-state index in [0.717, 1.165) is 19.3 Å². The third kappa shape index (κ3) is 5.97. The molecule has 1 saturated heterocycles. The third-order valence-corrected chi connectivity index (χ3v) is 5.39. The Morgan fingerprint density at radius 1 is 1.42 bits per heavy atom. The summed E-state index contributed by atoms with van der Waals surface area (Å²) in [6, 6.07) is 5.93. The molecule has 0 bridgehead atoms. The minimum atomic E-state index is -0.127. The molecule has 1 fully saturated rings. The molecule has 1 aliphatic rings. The number of halogens is 1. The van der Waals surface area contributed by atoms with Crippen LogP contribution in [0.15, 0.2) is 36.0 Å². The van der Waals surface area contributed by atoms with Crippen LogP contribution in [0, 0.1) is 0 Å². The number of rotatable bonds is 8. The van der Waals surface area contributed by atoms with Crippen molar-refractivity contribution < 1.29 is 14.3 Å². The molecule has 2 aromatic heterocycles. The summed E-state index contributed by atoms with van der Waals surface area (Å²) in [4.78, 5) is 19.7. The van der Waals surface area contributed by atoms with Gasteiger partial charge in [-0.25, -0.2) is 0 Å². The van der Waals surface area contributed by atoms with E-state index in [1.807, 2.05) is 4.90 Å². The maximum absolute atomic E-state index is 12.4. The second-order valence-electron chi connectivity index (χ2n) is 6.27. The van der Waals surface area contributed by atoms with Crippen LogP contribution in [-0.4, -0.2) is 48.2 Å². The van der Waals surface area contributed by atoms with Crippen LogP contribution in [0.5, 0.6) is 5.75 Å². The Bertz CT molecular complexity index is 696. The SMILES string of the molecule is O=C(CCCCc1cccs1)N1CCOC(COc2cncc(Cl)c2)C1. The first-order chi connectivity index (χ1) is 12.7. The molecule has 26 heavy (non-hydrogen) atoms. The van der Waals surface area contributed by atoms with Crippen molar-refractivity contribution in [1.29, 1.82) is 0 Å². The topological polar surface area (TPSA) is 51.7 Å². The summed E-state index contributed by atoms with van der Waals surface area (Å²) in [5.41, 5.74) is 0. The molecule has 0 aromatic carbocycles. The molecule has 3 heterocycles. The van der Waals surface area contributed by atoms with Gasteiger partial charge >= 0.3 is 0 Å². The molecule has 1 amide bonds. The highest BCUT2D eigenvalue weighted by atomic mass is 35.5.